The molecule has 0 bridgehead atoms. The Kier molecular flexibility index (Phi) is 4.42. The van der Waals surface area contributed by atoms with Crippen molar-refractivity contribution in [2.75, 3.05) is 6.61 Å². The van der Waals surface area contributed by atoms with E-state index in [1.165, 1.54) is 22.3 Å². The van der Waals surface area contributed by atoms with Gasteiger partial charge in [-0.3, -0.25) is 0 Å². The number of nitriles is 1. The quantitative estimate of drug-likeness (QED) is 0.833. The highest BCUT2D eigenvalue weighted by Crippen LogP contribution is 2.24. The van der Waals surface area contributed by atoms with Crippen LogP contribution in [0.2, 0.25) is 0 Å². The molecule has 2 aromatic carbocycles. The van der Waals surface area contributed by atoms with E-state index in [0.29, 0.717) is 12.2 Å². The van der Waals surface area contributed by atoms with Crippen molar-refractivity contribution >= 4 is 0 Å². The van der Waals surface area contributed by atoms with Crippen LogP contribution in [0.15, 0.2) is 36.4 Å². The molecule has 0 fully saturated rings. The maximum atomic E-state index is 8.76. The third-order valence-corrected chi connectivity index (χ3v) is 3.32. The Labute approximate surface area is 120 Å². The number of hydrogen-bond donors (Lipinski definition) is 0. The lowest BCUT2D eigenvalue weighted by atomic mass is 10.1. The monoisotopic (exact) mass is 265 g/mol. The largest absolute Gasteiger partial charge is 0.493 e. The van der Waals surface area contributed by atoms with Gasteiger partial charge in [0.05, 0.1) is 18.2 Å². The van der Waals surface area contributed by atoms with E-state index >= 15 is 0 Å². The normalized spacial score (nSPS) is 10.1. The van der Waals surface area contributed by atoms with E-state index in [1.54, 1.807) is 0 Å². The molecule has 2 nitrogen and oxygen atoms in total. The molecule has 0 saturated heterocycles. The van der Waals surface area contributed by atoms with Gasteiger partial charge in [0.2, 0.25) is 0 Å². The molecule has 0 spiro atoms. The topological polar surface area (TPSA) is 33.0 Å². The molecule has 0 heterocycles. The summed E-state index contributed by atoms with van der Waals surface area (Å²) >= 11 is 0. The van der Waals surface area contributed by atoms with E-state index in [-0.39, 0.29) is 0 Å². The number of rotatable bonds is 4. The van der Waals surface area contributed by atoms with Gasteiger partial charge in [-0.05, 0) is 49.6 Å². The van der Waals surface area contributed by atoms with Crippen molar-refractivity contribution in [1.82, 2.24) is 0 Å². The van der Waals surface area contributed by atoms with E-state index in [0.717, 1.165) is 12.2 Å². The predicted molar refractivity (Wildman–Crippen MR) is 81.0 cm³/mol. The van der Waals surface area contributed by atoms with Gasteiger partial charge in [0, 0.05) is 6.42 Å². The van der Waals surface area contributed by atoms with Crippen LogP contribution in [0.1, 0.15) is 27.8 Å². The van der Waals surface area contributed by atoms with Crippen molar-refractivity contribution < 1.29 is 4.74 Å². The first-order valence-corrected chi connectivity index (χ1v) is 6.80. The second-order valence-corrected chi connectivity index (χ2v) is 5.14. The fraction of sp³-hybridized carbons (Fsp3) is 0.278. The number of aryl methyl sites for hydroxylation is 3. The molecule has 0 radical (unpaired) electrons. The summed E-state index contributed by atoms with van der Waals surface area (Å²) in [5, 5.41) is 8.76. The SMILES string of the molecule is Cc1cc(C)c(OCCc2ccc(C#N)cc2)c(C)c1. The van der Waals surface area contributed by atoms with Crippen molar-refractivity contribution in [3.8, 4) is 11.8 Å². The van der Waals surface area contributed by atoms with E-state index in [4.69, 9.17) is 10.00 Å². The highest BCUT2D eigenvalue weighted by Gasteiger charge is 2.05. The average Bonchev–Trinajstić information content (AvgIpc) is 2.42. The first-order chi connectivity index (χ1) is 9.60. The van der Waals surface area contributed by atoms with Gasteiger partial charge in [0.15, 0.2) is 0 Å². The van der Waals surface area contributed by atoms with Gasteiger partial charge in [-0.15, -0.1) is 0 Å². The van der Waals surface area contributed by atoms with Crippen LogP contribution in [0.4, 0.5) is 0 Å². The molecule has 2 rings (SSSR count). The van der Waals surface area contributed by atoms with Crippen LogP contribution in [-0.4, -0.2) is 6.61 Å². The minimum Gasteiger partial charge on any atom is -0.493 e. The molecule has 0 saturated carbocycles. The van der Waals surface area contributed by atoms with Crippen LogP contribution >= 0.6 is 0 Å². The summed E-state index contributed by atoms with van der Waals surface area (Å²) in [6.07, 6.45) is 0.846. The average molecular weight is 265 g/mol. The molecular weight excluding hydrogens is 246 g/mol. The Hall–Kier alpha value is -2.27. The second kappa shape index (κ2) is 6.25. The Balaban J connectivity index is 1.98. The van der Waals surface area contributed by atoms with E-state index < -0.39 is 0 Å². The Bertz CT molecular complexity index is 612. The van der Waals surface area contributed by atoms with E-state index in [9.17, 15) is 0 Å². The molecule has 20 heavy (non-hydrogen) atoms. The smallest absolute Gasteiger partial charge is 0.125 e. The Morgan fingerprint density at radius 2 is 1.60 bits per heavy atom. The minimum atomic E-state index is 0.649. The lowest BCUT2D eigenvalue weighted by Crippen LogP contribution is -2.04. The van der Waals surface area contributed by atoms with Gasteiger partial charge in [-0.2, -0.15) is 5.26 Å². The first-order valence-electron chi connectivity index (χ1n) is 6.80. The number of hydrogen-bond acceptors (Lipinski definition) is 2. The maximum absolute atomic E-state index is 8.76. The van der Waals surface area contributed by atoms with Crippen LogP contribution in [0.25, 0.3) is 0 Å². The predicted octanol–water partition coefficient (Wildman–Crippen LogP) is 4.11. The zero-order valence-electron chi connectivity index (χ0n) is 12.2. The van der Waals surface area contributed by atoms with Gasteiger partial charge >= 0.3 is 0 Å². The van der Waals surface area contributed by atoms with Crippen LogP contribution in [0, 0.1) is 32.1 Å². The Morgan fingerprint density at radius 1 is 1.00 bits per heavy atom. The summed E-state index contributed by atoms with van der Waals surface area (Å²) in [5.74, 6) is 0.990. The molecule has 0 atom stereocenters. The first kappa shape index (κ1) is 14.1. The summed E-state index contributed by atoms with van der Waals surface area (Å²) in [4.78, 5) is 0. The molecule has 102 valence electrons. The van der Waals surface area contributed by atoms with Gasteiger partial charge < -0.3 is 4.74 Å². The molecule has 0 aromatic heterocycles. The molecule has 2 aromatic rings. The summed E-state index contributed by atoms with van der Waals surface area (Å²) < 4.78 is 5.92. The van der Waals surface area contributed by atoms with Gasteiger partial charge in [0.1, 0.15) is 5.75 Å². The van der Waals surface area contributed by atoms with Crippen LogP contribution in [0.5, 0.6) is 5.75 Å². The van der Waals surface area contributed by atoms with Crippen LogP contribution < -0.4 is 4.74 Å². The van der Waals surface area contributed by atoms with Crippen LogP contribution in [0.3, 0.4) is 0 Å². The van der Waals surface area contributed by atoms with E-state index in [2.05, 4.69) is 39.0 Å². The summed E-state index contributed by atoms with van der Waals surface area (Å²) in [7, 11) is 0. The van der Waals surface area contributed by atoms with Crippen LogP contribution in [-0.2, 0) is 6.42 Å². The van der Waals surface area contributed by atoms with Gasteiger partial charge in [-0.1, -0.05) is 29.8 Å². The van der Waals surface area contributed by atoms with Crippen molar-refractivity contribution in [2.24, 2.45) is 0 Å². The minimum absolute atomic E-state index is 0.649. The van der Waals surface area contributed by atoms with Crippen molar-refractivity contribution in [1.29, 1.82) is 5.26 Å². The number of benzene rings is 2. The van der Waals surface area contributed by atoms with E-state index in [1.807, 2.05) is 24.3 Å². The molecule has 0 aliphatic rings. The number of ether oxygens (including phenoxy) is 1. The third-order valence-electron chi connectivity index (χ3n) is 3.32. The highest BCUT2D eigenvalue weighted by atomic mass is 16.5. The molecule has 0 N–H and O–H groups in total. The zero-order valence-corrected chi connectivity index (χ0v) is 12.2. The standard InChI is InChI=1S/C18H19NO/c1-13-10-14(2)18(15(3)11-13)20-9-8-16-4-6-17(12-19)7-5-16/h4-7,10-11H,8-9H2,1-3H3. The maximum Gasteiger partial charge on any atom is 0.125 e. The van der Waals surface area contributed by atoms with Gasteiger partial charge in [0.25, 0.3) is 0 Å². The molecule has 0 aliphatic carbocycles. The lowest BCUT2D eigenvalue weighted by molar-refractivity contribution is 0.317. The summed E-state index contributed by atoms with van der Waals surface area (Å²) in [6.45, 7) is 6.91. The molecular formula is C18H19NO. The fourth-order valence-electron chi connectivity index (χ4n) is 2.41. The zero-order chi connectivity index (χ0) is 14.5. The van der Waals surface area contributed by atoms with Gasteiger partial charge in [-0.25, -0.2) is 0 Å². The second-order valence-electron chi connectivity index (χ2n) is 5.14. The van der Waals surface area contributed by atoms with Crippen molar-refractivity contribution in [3.63, 3.8) is 0 Å². The van der Waals surface area contributed by atoms with Crippen molar-refractivity contribution in [3.05, 3.63) is 64.2 Å². The molecule has 0 unspecified atom stereocenters. The Morgan fingerprint density at radius 3 is 2.15 bits per heavy atom. The summed E-state index contributed by atoms with van der Waals surface area (Å²) in [5.41, 5.74) is 5.51. The lowest BCUT2D eigenvalue weighted by Gasteiger charge is -2.13. The molecule has 0 amide bonds. The highest BCUT2D eigenvalue weighted by molar-refractivity contribution is 5.43. The third kappa shape index (κ3) is 3.39. The molecule has 0 aliphatic heterocycles. The molecule has 2 heteroatoms. The number of nitrogens with zero attached hydrogens (tertiary/aromatic N) is 1. The fourth-order valence-corrected chi connectivity index (χ4v) is 2.41. The summed E-state index contributed by atoms with van der Waals surface area (Å²) in [6, 6.07) is 14.1. The van der Waals surface area contributed by atoms with Crippen molar-refractivity contribution in [2.45, 2.75) is 27.2 Å².